The summed E-state index contributed by atoms with van der Waals surface area (Å²) in [5.74, 6) is 0.483. The Morgan fingerprint density at radius 2 is 1.89 bits per heavy atom. The van der Waals surface area contributed by atoms with Crippen molar-refractivity contribution in [1.82, 2.24) is 24.8 Å². The molecule has 9 heteroatoms. The molecular weight excluding hydrogens is 466 g/mol. The van der Waals surface area contributed by atoms with Crippen molar-refractivity contribution in [3.63, 3.8) is 0 Å². The first-order chi connectivity index (χ1) is 18.0. The highest BCUT2D eigenvalue weighted by Crippen LogP contribution is 2.24. The fourth-order valence-electron chi connectivity index (χ4n) is 4.59. The second-order valence-electron chi connectivity index (χ2n) is 9.11. The van der Waals surface area contributed by atoms with E-state index in [1.807, 2.05) is 49.5 Å². The predicted octanol–water partition coefficient (Wildman–Crippen LogP) is 3.05. The van der Waals surface area contributed by atoms with Crippen molar-refractivity contribution in [3.05, 3.63) is 100.0 Å². The molecule has 3 aromatic heterocycles. The molecule has 0 aliphatic carbocycles. The highest BCUT2D eigenvalue weighted by atomic mass is 16.2. The van der Waals surface area contributed by atoms with E-state index in [0.717, 1.165) is 33.8 Å². The maximum atomic E-state index is 13.2. The number of aryl methyl sites for hydroxylation is 2. The summed E-state index contributed by atoms with van der Waals surface area (Å²) >= 11 is 0. The van der Waals surface area contributed by atoms with Crippen LogP contribution in [-0.2, 0) is 24.2 Å². The lowest BCUT2D eigenvalue weighted by atomic mass is 10.1. The first kappa shape index (κ1) is 24.2. The zero-order valence-electron chi connectivity index (χ0n) is 20.6. The van der Waals surface area contributed by atoms with E-state index in [0.29, 0.717) is 38.2 Å². The number of carbonyl (C=O) groups is 1. The molecular formula is C28H29N7O2. The van der Waals surface area contributed by atoms with Crippen molar-refractivity contribution in [3.8, 4) is 11.1 Å². The highest BCUT2D eigenvalue weighted by molar-refractivity contribution is 5.81. The van der Waals surface area contributed by atoms with Gasteiger partial charge in [0.15, 0.2) is 5.82 Å². The minimum atomic E-state index is -0.569. The van der Waals surface area contributed by atoms with Gasteiger partial charge in [-0.05, 0) is 43.0 Å². The average molecular weight is 496 g/mol. The van der Waals surface area contributed by atoms with Crippen LogP contribution in [0.2, 0.25) is 0 Å². The molecule has 1 aliphatic rings. The Bertz CT molecular complexity index is 1470. The molecule has 4 heterocycles. The van der Waals surface area contributed by atoms with Crippen LogP contribution in [0.4, 0.5) is 11.6 Å². The van der Waals surface area contributed by atoms with Crippen LogP contribution in [0.1, 0.15) is 35.1 Å². The van der Waals surface area contributed by atoms with Crippen LogP contribution in [0.25, 0.3) is 11.1 Å². The average Bonchev–Trinajstić information content (AvgIpc) is 3.35. The number of nitrogens with one attached hydrogen (secondary N) is 2. The van der Waals surface area contributed by atoms with Gasteiger partial charge in [-0.1, -0.05) is 42.5 Å². The molecule has 4 aromatic rings. The monoisotopic (exact) mass is 495 g/mol. The zero-order valence-corrected chi connectivity index (χ0v) is 20.6. The summed E-state index contributed by atoms with van der Waals surface area (Å²) < 4.78 is 1.56. The van der Waals surface area contributed by atoms with Gasteiger partial charge in [0, 0.05) is 54.5 Å². The molecule has 5 rings (SSSR count). The molecule has 0 spiro atoms. The van der Waals surface area contributed by atoms with Crippen LogP contribution in [0.15, 0.2) is 71.8 Å². The number of benzene rings is 1. The van der Waals surface area contributed by atoms with Gasteiger partial charge in [-0.15, -0.1) is 0 Å². The van der Waals surface area contributed by atoms with E-state index in [2.05, 4.69) is 37.7 Å². The summed E-state index contributed by atoms with van der Waals surface area (Å²) in [5, 5.41) is 6.07. The number of nitrogens with zero attached hydrogens (tertiary/aromatic N) is 4. The van der Waals surface area contributed by atoms with Gasteiger partial charge in [0.25, 0.3) is 5.56 Å². The van der Waals surface area contributed by atoms with Gasteiger partial charge in [-0.3, -0.25) is 19.1 Å². The summed E-state index contributed by atoms with van der Waals surface area (Å²) in [5.41, 5.74) is 10.9. The number of hydrogen-bond donors (Lipinski definition) is 3. The fourth-order valence-corrected chi connectivity index (χ4v) is 4.59. The number of nitrogen functional groups attached to an aromatic ring is 1. The Labute approximate surface area is 214 Å². The number of anilines is 2. The van der Waals surface area contributed by atoms with Gasteiger partial charge in [0.2, 0.25) is 5.91 Å². The lowest BCUT2D eigenvalue weighted by molar-refractivity contribution is -0.124. The Hall–Kier alpha value is -4.53. The molecule has 4 N–H and O–H groups in total. The molecule has 188 valence electrons. The second-order valence-corrected chi connectivity index (χ2v) is 9.11. The Kier molecular flexibility index (Phi) is 6.93. The SMILES string of the molecule is Cc1nc(N)ccc1CNC(=O)C1CCc2cnc(NCCc3ccc(-c4ccccc4)cn3)c(=O)n21. The lowest BCUT2D eigenvalue weighted by Gasteiger charge is -2.16. The molecule has 1 amide bonds. The van der Waals surface area contributed by atoms with E-state index in [-0.39, 0.29) is 17.3 Å². The first-order valence-electron chi connectivity index (χ1n) is 12.3. The number of nitrogens with two attached hydrogens (primary N) is 1. The van der Waals surface area contributed by atoms with Gasteiger partial charge < -0.3 is 16.4 Å². The number of fused-ring (bicyclic) bond motifs is 1. The Balaban J connectivity index is 1.21. The van der Waals surface area contributed by atoms with E-state index in [1.165, 1.54) is 0 Å². The van der Waals surface area contributed by atoms with Crippen LogP contribution < -0.4 is 21.9 Å². The first-order valence-corrected chi connectivity index (χ1v) is 12.3. The number of pyridine rings is 2. The third-order valence-corrected chi connectivity index (χ3v) is 6.64. The molecule has 0 fully saturated rings. The summed E-state index contributed by atoms with van der Waals surface area (Å²) in [4.78, 5) is 39.3. The molecule has 1 unspecified atom stereocenters. The fraction of sp³-hybridized carbons (Fsp3) is 0.250. The minimum absolute atomic E-state index is 0.197. The van der Waals surface area contributed by atoms with Gasteiger partial charge in [-0.2, -0.15) is 0 Å². The standard InChI is InChI=1S/C28H29N7O2/c1-18-20(8-12-25(29)34-18)15-33-27(36)24-11-10-23-17-32-26(28(37)35(23)24)30-14-13-22-9-7-21(16-31-22)19-5-3-2-4-6-19/h2-9,12,16-17,24H,10-11,13-15H2,1H3,(H2,29,34)(H,30,32)(H,33,36). The highest BCUT2D eigenvalue weighted by Gasteiger charge is 2.30. The summed E-state index contributed by atoms with van der Waals surface area (Å²) in [7, 11) is 0. The van der Waals surface area contributed by atoms with Gasteiger partial charge in [-0.25, -0.2) is 9.97 Å². The van der Waals surface area contributed by atoms with Crippen molar-refractivity contribution in [1.29, 1.82) is 0 Å². The molecule has 1 aromatic carbocycles. The molecule has 0 saturated heterocycles. The van der Waals surface area contributed by atoms with Crippen molar-refractivity contribution < 1.29 is 4.79 Å². The maximum Gasteiger partial charge on any atom is 0.294 e. The van der Waals surface area contributed by atoms with E-state index >= 15 is 0 Å². The normalized spacial score (nSPS) is 14.2. The van der Waals surface area contributed by atoms with E-state index in [1.54, 1.807) is 16.8 Å². The topological polar surface area (TPSA) is 128 Å². The van der Waals surface area contributed by atoms with E-state index in [4.69, 9.17) is 5.73 Å². The van der Waals surface area contributed by atoms with Crippen molar-refractivity contribution in [2.75, 3.05) is 17.6 Å². The van der Waals surface area contributed by atoms with Gasteiger partial charge in [0.1, 0.15) is 11.9 Å². The summed E-state index contributed by atoms with van der Waals surface area (Å²) in [6, 6.07) is 17.1. The molecule has 1 aliphatic heterocycles. The van der Waals surface area contributed by atoms with Crippen molar-refractivity contribution >= 4 is 17.5 Å². The molecule has 0 saturated carbocycles. The Morgan fingerprint density at radius 3 is 2.65 bits per heavy atom. The van der Waals surface area contributed by atoms with Crippen LogP contribution >= 0.6 is 0 Å². The predicted molar refractivity (Wildman–Crippen MR) is 143 cm³/mol. The molecule has 0 radical (unpaired) electrons. The number of carbonyl (C=O) groups excluding carboxylic acids is 1. The summed E-state index contributed by atoms with van der Waals surface area (Å²) in [6.45, 7) is 2.67. The number of rotatable bonds is 8. The van der Waals surface area contributed by atoms with Crippen LogP contribution in [0.5, 0.6) is 0 Å². The lowest BCUT2D eigenvalue weighted by Crippen LogP contribution is -2.36. The minimum Gasteiger partial charge on any atom is -0.384 e. The third-order valence-electron chi connectivity index (χ3n) is 6.64. The largest absolute Gasteiger partial charge is 0.384 e. The number of hydrogen-bond acceptors (Lipinski definition) is 7. The number of aromatic nitrogens is 4. The smallest absolute Gasteiger partial charge is 0.294 e. The van der Waals surface area contributed by atoms with Crippen LogP contribution in [0, 0.1) is 6.92 Å². The third kappa shape index (κ3) is 5.35. The van der Waals surface area contributed by atoms with E-state index < -0.39 is 6.04 Å². The van der Waals surface area contributed by atoms with Crippen LogP contribution in [-0.4, -0.2) is 32.0 Å². The van der Waals surface area contributed by atoms with Gasteiger partial charge >= 0.3 is 0 Å². The summed E-state index contributed by atoms with van der Waals surface area (Å²) in [6.07, 6.45) is 5.36. The molecule has 0 bridgehead atoms. The number of amides is 1. The second kappa shape index (κ2) is 10.6. The molecule has 9 nitrogen and oxygen atoms in total. The van der Waals surface area contributed by atoms with Crippen LogP contribution in [0.3, 0.4) is 0 Å². The van der Waals surface area contributed by atoms with Crippen molar-refractivity contribution in [2.24, 2.45) is 0 Å². The maximum absolute atomic E-state index is 13.2. The zero-order chi connectivity index (χ0) is 25.8. The molecule has 1 atom stereocenters. The van der Waals surface area contributed by atoms with Gasteiger partial charge in [0.05, 0.1) is 0 Å². The van der Waals surface area contributed by atoms with Crippen molar-refractivity contribution in [2.45, 2.75) is 38.8 Å². The van der Waals surface area contributed by atoms with E-state index in [9.17, 15) is 9.59 Å². The quantitative estimate of drug-likeness (QED) is 0.343. The molecule has 37 heavy (non-hydrogen) atoms. The Morgan fingerprint density at radius 1 is 1.05 bits per heavy atom.